The summed E-state index contributed by atoms with van der Waals surface area (Å²) in [5, 5.41) is 0. The standard InChI is InChI=1S/C15H14FN3O/c1-9-4-3-5-13-18-14(15(17)19(9)13)10-6-7-12(20-2)11(16)8-10/h3-8H,17H2,1-2H3. The van der Waals surface area contributed by atoms with Gasteiger partial charge >= 0.3 is 0 Å². The number of anilines is 1. The highest BCUT2D eigenvalue weighted by Crippen LogP contribution is 2.30. The number of imidazole rings is 1. The maximum absolute atomic E-state index is 13.8. The summed E-state index contributed by atoms with van der Waals surface area (Å²) in [5.74, 6) is 0.271. The van der Waals surface area contributed by atoms with Crippen molar-refractivity contribution in [3.05, 3.63) is 47.9 Å². The Labute approximate surface area is 115 Å². The molecule has 2 N–H and O–H groups in total. The third-order valence-corrected chi connectivity index (χ3v) is 3.30. The fourth-order valence-corrected chi connectivity index (χ4v) is 2.31. The van der Waals surface area contributed by atoms with Crippen molar-refractivity contribution in [1.82, 2.24) is 9.38 Å². The monoisotopic (exact) mass is 271 g/mol. The number of nitrogens with two attached hydrogens (primary N) is 1. The van der Waals surface area contributed by atoms with E-state index < -0.39 is 5.82 Å². The second-order valence-electron chi connectivity index (χ2n) is 4.56. The molecule has 0 bridgehead atoms. The second kappa shape index (κ2) is 4.52. The van der Waals surface area contributed by atoms with Gasteiger partial charge < -0.3 is 10.5 Å². The first-order valence-corrected chi connectivity index (χ1v) is 6.19. The molecule has 0 radical (unpaired) electrons. The van der Waals surface area contributed by atoms with E-state index in [-0.39, 0.29) is 5.75 Å². The molecule has 2 aromatic heterocycles. The van der Waals surface area contributed by atoms with Gasteiger partial charge in [0, 0.05) is 11.3 Å². The van der Waals surface area contributed by atoms with Gasteiger partial charge in [0.15, 0.2) is 11.6 Å². The van der Waals surface area contributed by atoms with E-state index in [1.807, 2.05) is 29.5 Å². The number of ether oxygens (including phenoxy) is 1. The largest absolute Gasteiger partial charge is 0.494 e. The summed E-state index contributed by atoms with van der Waals surface area (Å²) >= 11 is 0. The molecule has 3 aromatic rings. The Morgan fingerprint density at radius 3 is 2.70 bits per heavy atom. The summed E-state index contributed by atoms with van der Waals surface area (Å²) in [4.78, 5) is 4.47. The van der Waals surface area contributed by atoms with Crippen LogP contribution in [0.4, 0.5) is 10.2 Å². The van der Waals surface area contributed by atoms with Crippen molar-refractivity contribution >= 4 is 11.5 Å². The van der Waals surface area contributed by atoms with Crippen molar-refractivity contribution in [2.75, 3.05) is 12.8 Å². The van der Waals surface area contributed by atoms with E-state index in [4.69, 9.17) is 10.5 Å². The van der Waals surface area contributed by atoms with E-state index in [0.717, 1.165) is 11.3 Å². The molecular weight excluding hydrogens is 257 g/mol. The van der Waals surface area contributed by atoms with Gasteiger partial charge in [-0.1, -0.05) is 6.07 Å². The van der Waals surface area contributed by atoms with Gasteiger partial charge in [0.1, 0.15) is 17.2 Å². The van der Waals surface area contributed by atoms with Crippen molar-refractivity contribution in [2.45, 2.75) is 6.92 Å². The summed E-state index contributed by atoms with van der Waals surface area (Å²) in [6.45, 7) is 1.95. The lowest BCUT2D eigenvalue weighted by molar-refractivity contribution is 0.386. The molecule has 0 aliphatic heterocycles. The van der Waals surface area contributed by atoms with E-state index in [0.29, 0.717) is 17.1 Å². The van der Waals surface area contributed by atoms with Crippen molar-refractivity contribution in [1.29, 1.82) is 0 Å². The van der Waals surface area contributed by atoms with Crippen LogP contribution in [0.15, 0.2) is 36.4 Å². The number of rotatable bonds is 2. The van der Waals surface area contributed by atoms with Gasteiger partial charge in [0.05, 0.1) is 7.11 Å². The van der Waals surface area contributed by atoms with Crippen LogP contribution in [0, 0.1) is 12.7 Å². The summed E-state index contributed by atoms with van der Waals surface area (Å²) in [6, 6.07) is 10.4. The number of pyridine rings is 1. The Kier molecular flexibility index (Phi) is 2.82. The van der Waals surface area contributed by atoms with E-state index in [2.05, 4.69) is 4.98 Å². The fraction of sp³-hybridized carbons (Fsp3) is 0.133. The molecule has 0 aliphatic carbocycles. The number of hydrogen-bond acceptors (Lipinski definition) is 3. The molecule has 102 valence electrons. The van der Waals surface area contributed by atoms with Gasteiger partial charge in [0.25, 0.3) is 0 Å². The SMILES string of the molecule is COc1ccc(-c2nc3cccc(C)n3c2N)cc1F. The van der Waals surface area contributed by atoms with Crippen LogP contribution in [0.5, 0.6) is 5.75 Å². The zero-order chi connectivity index (χ0) is 14.3. The van der Waals surface area contributed by atoms with E-state index in [9.17, 15) is 4.39 Å². The molecule has 0 unspecified atom stereocenters. The number of nitrogen functional groups attached to an aromatic ring is 1. The predicted molar refractivity (Wildman–Crippen MR) is 76.3 cm³/mol. The van der Waals surface area contributed by atoms with Gasteiger partial charge in [-0.15, -0.1) is 0 Å². The summed E-state index contributed by atoms with van der Waals surface area (Å²) in [6.07, 6.45) is 0. The molecule has 20 heavy (non-hydrogen) atoms. The minimum Gasteiger partial charge on any atom is -0.494 e. The lowest BCUT2D eigenvalue weighted by Crippen LogP contribution is -1.97. The third kappa shape index (κ3) is 1.79. The average molecular weight is 271 g/mol. The van der Waals surface area contributed by atoms with Crippen LogP contribution in [-0.2, 0) is 0 Å². The highest BCUT2D eigenvalue weighted by Gasteiger charge is 2.14. The zero-order valence-electron chi connectivity index (χ0n) is 11.2. The van der Waals surface area contributed by atoms with Crippen LogP contribution >= 0.6 is 0 Å². The smallest absolute Gasteiger partial charge is 0.165 e. The minimum absolute atomic E-state index is 0.201. The van der Waals surface area contributed by atoms with Crippen LogP contribution in [0.3, 0.4) is 0 Å². The number of methoxy groups -OCH3 is 1. The molecule has 0 amide bonds. The first kappa shape index (κ1) is 12.5. The lowest BCUT2D eigenvalue weighted by atomic mass is 10.1. The molecule has 3 rings (SSSR count). The molecule has 1 aromatic carbocycles. The highest BCUT2D eigenvalue weighted by atomic mass is 19.1. The maximum atomic E-state index is 13.8. The van der Waals surface area contributed by atoms with Crippen molar-refractivity contribution in [3.63, 3.8) is 0 Å². The van der Waals surface area contributed by atoms with E-state index in [1.54, 1.807) is 12.1 Å². The molecule has 0 fully saturated rings. The van der Waals surface area contributed by atoms with Crippen molar-refractivity contribution in [2.24, 2.45) is 0 Å². The summed E-state index contributed by atoms with van der Waals surface area (Å²) in [5.41, 5.74) is 9.06. The van der Waals surface area contributed by atoms with Crippen molar-refractivity contribution in [3.8, 4) is 17.0 Å². The van der Waals surface area contributed by atoms with Gasteiger partial charge in [-0.3, -0.25) is 4.40 Å². The highest BCUT2D eigenvalue weighted by molar-refractivity contribution is 5.75. The molecule has 0 saturated heterocycles. The number of benzene rings is 1. The van der Waals surface area contributed by atoms with Crippen LogP contribution < -0.4 is 10.5 Å². The van der Waals surface area contributed by atoms with Crippen molar-refractivity contribution < 1.29 is 9.13 Å². The average Bonchev–Trinajstić information content (AvgIpc) is 2.77. The predicted octanol–water partition coefficient (Wildman–Crippen LogP) is 3.04. The first-order valence-electron chi connectivity index (χ1n) is 6.19. The topological polar surface area (TPSA) is 52.5 Å². The number of aryl methyl sites for hydroxylation is 1. The molecular formula is C15H14FN3O. The van der Waals surface area contributed by atoms with Gasteiger partial charge in [-0.25, -0.2) is 9.37 Å². The number of fused-ring (bicyclic) bond motifs is 1. The maximum Gasteiger partial charge on any atom is 0.165 e. The number of halogens is 1. The van der Waals surface area contributed by atoms with Gasteiger partial charge in [0.2, 0.25) is 0 Å². The summed E-state index contributed by atoms with van der Waals surface area (Å²) in [7, 11) is 1.43. The van der Waals surface area contributed by atoms with Crippen LogP contribution in [-0.4, -0.2) is 16.5 Å². The zero-order valence-corrected chi connectivity index (χ0v) is 11.2. The first-order chi connectivity index (χ1) is 9.61. The number of hydrogen-bond donors (Lipinski definition) is 1. The Morgan fingerprint density at radius 2 is 2.05 bits per heavy atom. The van der Waals surface area contributed by atoms with E-state index >= 15 is 0 Å². The molecule has 0 aliphatic rings. The normalized spacial score (nSPS) is 10.9. The molecule has 4 nitrogen and oxygen atoms in total. The molecule has 0 spiro atoms. The lowest BCUT2D eigenvalue weighted by Gasteiger charge is -2.04. The molecule has 0 saturated carbocycles. The molecule has 5 heteroatoms. The van der Waals surface area contributed by atoms with Gasteiger partial charge in [-0.05, 0) is 37.3 Å². The molecule has 0 atom stereocenters. The van der Waals surface area contributed by atoms with Crippen LogP contribution in [0.2, 0.25) is 0 Å². The molecule has 2 heterocycles. The Balaban J connectivity index is 2.22. The Hall–Kier alpha value is -2.56. The third-order valence-electron chi connectivity index (χ3n) is 3.30. The van der Waals surface area contributed by atoms with E-state index in [1.165, 1.54) is 13.2 Å². The Morgan fingerprint density at radius 1 is 1.25 bits per heavy atom. The Bertz CT molecular complexity index is 795. The van der Waals surface area contributed by atoms with Crippen LogP contribution in [0.25, 0.3) is 16.9 Å². The number of aromatic nitrogens is 2. The quantitative estimate of drug-likeness (QED) is 0.779. The minimum atomic E-state index is -0.432. The number of nitrogens with zero attached hydrogens (tertiary/aromatic N) is 2. The van der Waals surface area contributed by atoms with Crippen LogP contribution in [0.1, 0.15) is 5.69 Å². The van der Waals surface area contributed by atoms with Gasteiger partial charge in [-0.2, -0.15) is 0 Å². The second-order valence-corrected chi connectivity index (χ2v) is 4.56. The summed E-state index contributed by atoms with van der Waals surface area (Å²) < 4.78 is 20.6. The fourth-order valence-electron chi connectivity index (χ4n) is 2.31.